The average molecular weight is 425 g/mol. The van der Waals surface area contributed by atoms with Crippen LogP contribution in [0.15, 0.2) is 24.3 Å². The number of nitrogens with zero attached hydrogens (tertiary/aromatic N) is 2. The summed E-state index contributed by atoms with van der Waals surface area (Å²) in [5.74, 6) is -1.26. The van der Waals surface area contributed by atoms with Gasteiger partial charge in [-0.25, -0.2) is 0 Å². The van der Waals surface area contributed by atoms with Crippen LogP contribution >= 0.6 is 0 Å². The zero-order valence-corrected chi connectivity index (χ0v) is 16.9. The molecule has 2 atom stereocenters. The average Bonchev–Trinajstić information content (AvgIpc) is 3.07. The Bertz CT molecular complexity index is 812. The molecule has 2 aliphatic rings. The van der Waals surface area contributed by atoms with Crippen LogP contribution in [0, 0.1) is 11.8 Å². The topological polar surface area (TPSA) is 69.7 Å². The lowest BCUT2D eigenvalue weighted by Crippen LogP contribution is -2.47. The molecule has 2 saturated heterocycles. The molecule has 3 rings (SSSR count). The second kappa shape index (κ2) is 9.06. The summed E-state index contributed by atoms with van der Waals surface area (Å²) in [7, 11) is 0. The Labute approximate surface area is 173 Å². The lowest BCUT2D eigenvalue weighted by Gasteiger charge is -2.33. The molecule has 1 aromatic rings. The summed E-state index contributed by atoms with van der Waals surface area (Å²) in [6.07, 6.45) is -2.96. The predicted octanol–water partition coefficient (Wildman–Crippen LogP) is 2.43. The smallest absolute Gasteiger partial charge is 0.356 e. The summed E-state index contributed by atoms with van der Waals surface area (Å²) in [5, 5.41) is 2.78. The summed E-state index contributed by atoms with van der Waals surface area (Å²) in [4.78, 5) is 40.5. The molecule has 0 aliphatic carbocycles. The number of halogens is 3. The van der Waals surface area contributed by atoms with Gasteiger partial charge in [0.05, 0.1) is 17.4 Å². The Balaban J connectivity index is 1.61. The first-order valence-electron chi connectivity index (χ1n) is 10.2. The Morgan fingerprint density at radius 3 is 2.67 bits per heavy atom. The standard InChI is InChI=1S/C21H26F3N3O3/c1-2-25-19(29)15-6-4-8-26(12-15)20(30)16-10-18(28)27(13-16)11-14-5-3-7-17(9-14)21(22,23)24/h3,5,7,9,15-16H,2,4,6,8,10-13H2,1H3,(H,25,29). The van der Waals surface area contributed by atoms with Gasteiger partial charge in [-0.2, -0.15) is 13.2 Å². The summed E-state index contributed by atoms with van der Waals surface area (Å²) in [6.45, 7) is 3.47. The third-order valence-corrected chi connectivity index (χ3v) is 5.65. The molecule has 30 heavy (non-hydrogen) atoms. The van der Waals surface area contributed by atoms with E-state index in [9.17, 15) is 27.6 Å². The first-order valence-corrected chi connectivity index (χ1v) is 10.2. The molecule has 0 radical (unpaired) electrons. The van der Waals surface area contributed by atoms with Crippen molar-refractivity contribution in [2.75, 3.05) is 26.2 Å². The molecule has 0 bridgehead atoms. The fourth-order valence-electron chi connectivity index (χ4n) is 4.12. The SMILES string of the molecule is CCNC(=O)C1CCCN(C(=O)C2CC(=O)N(Cc3cccc(C(F)(F)F)c3)C2)C1. The van der Waals surface area contributed by atoms with Crippen molar-refractivity contribution in [3.8, 4) is 0 Å². The molecule has 3 amide bonds. The molecular formula is C21H26F3N3O3. The van der Waals surface area contributed by atoms with Crippen molar-refractivity contribution in [1.29, 1.82) is 0 Å². The first kappa shape index (κ1) is 22.1. The maximum absolute atomic E-state index is 12.9. The molecule has 6 nitrogen and oxygen atoms in total. The quantitative estimate of drug-likeness (QED) is 0.788. The number of alkyl halides is 3. The van der Waals surface area contributed by atoms with Gasteiger partial charge in [0.15, 0.2) is 0 Å². The lowest BCUT2D eigenvalue weighted by atomic mass is 9.95. The Morgan fingerprint density at radius 1 is 1.20 bits per heavy atom. The van der Waals surface area contributed by atoms with E-state index in [0.717, 1.165) is 25.0 Å². The lowest BCUT2D eigenvalue weighted by molar-refractivity contribution is -0.139. The third-order valence-electron chi connectivity index (χ3n) is 5.65. The third kappa shape index (κ3) is 5.12. The van der Waals surface area contributed by atoms with Crippen LogP contribution in [-0.2, 0) is 27.1 Å². The second-order valence-electron chi connectivity index (χ2n) is 7.89. The first-order chi connectivity index (χ1) is 14.2. The number of hydrogen-bond donors (Lipinski definition) is 1. The van der Waals surface area contributed by atoms with Crippen molar-refractivity contribution in [2.24, 2.45) is 11.8 Å². The van der Waals surface area contributed by atoms with Gasteiger partial charge in [0.2, 0.25) is 17.7 Å². The molecule has 0 saturated carbocycles. The van der Waals surface area contributed by atoms with E-state index < -0.39 is 17.7 Å². The van der Waals surface area contributed by atoms with Crippen LogP contribution in [0.4, 0.5) is 13.2 Å². The minimum Gasteiger partial charge on any atom is -0.356 e. The van der Waals surface area contributed by atoms with Crippen LogP contribution in [0.3, 0.4) is 0 Å². The van der Waals surface area contributed by atoms with E-state index in [4.69, 9.17) is 0 Å². The maximum atomic E-state index is 12.9. The largest absolute Gasteiger partial charge is 0.416 e. The number of carbonyl (C=O) groups is 3. The van der Waals surface area contributed by atoms with Gasteiger partial charge in [-0.3, -0.25) is 14.4 Å². The van der Waals surface area contributed by atoms with Gasteiger partial charge in [-0.15, -0.1) is 0 Å². The predicted molar refractivity (Wildman–Crippen MR) is 103 cm³/mol. The minimum atomic E-state index is -4.45. The van der Waals surface area contributed by atoms with Crippen LogP contribution < -0.4 is 5.32 Å². The molecular weight excluding hydrogens is 399 g/mol. The number of rotatable bonds is 5. The molecule has 1 aromatic carbocycles. The highest BCUT2D eigenvalue weighted by Crippen LogP contribution is 2.30. The highest BCUT2D eigenvalue weighted by atomic mass is 19.4. The number of carbonyl (C=O) groups excluding carboxylic acids is 3. The summed E-state index contributed by atoms with van der Waals surface area (Å²) in [5.41, 5.74) is -0.385. The second-order valence-corrected chi connectivity index (χ2v) is 7.89. The summed E-state index contributed by atoms with van der Waals surface area (Å²) >= 11 is 0. The van der Waals surface area contributed by atoms with Gasteiger partial charge >= 0.3 is 6.18 Å². The van der Waals surface area contributed by atoms with Crippen LogP contribution in [0.25, 0.3) is 0 Å². The fourth-order valence-corrected chi connectivity index (χ4v) is 4.12. The molecule has 2 unspecified atom stereocenters. The number of likely N-dealkylation sites (tertiary alicyclic amines) is 2. The normalized spacial score (nSPS) is 22.3. The number of hydrogen-bond acceptors (Lipinski definition) is 3. The van der Waals surface area contributed by atoms with Crippen molar-refractivity contribution in [1.82, 2.24) is 15.1 Å². The van der Waals surface area contributed by atoms with E-state index in [1.165, 1.54) is 11.0 Å². The molecule has 0 spiro atoms. The molecule has 1 N–H and O–H groups in total. The highest BCUT2D eigenvalue weighted by molar-refractivity contribution is 5.89. The number of benzene rings is 1. The van der Waals surface area contributed by atoms with E-state index >= 15 is 0 Å². The fraction of sp³-hybridized carbons (Fsp3) is 0.571. The van der Waals surface area contributed by atoms with Gasteiger partial charge in [0.1, 0.15) is 0 Å². The van der Waals surface area contributed by atoms with Crippen molar-refractivity contribution < 1.29 is 27.6 Å². The van der Waals surface area contributed by atoms with Gasteiger partial charge < -0.3 is 15.1 Å². The van der Waals surface area contributed by atoms with Gasteiger partial charge in [0, 0.05) is 39.1 Å². The summed E-state index contributed by atoms with van der Waals surface area (Å²) in [6, 6.07) is 4.88. The van der Waals surface area contributed by atoms with Gasteiger partial charge in [-0.1, -0.05) is 12.1 Å². The molecule has 164 valence electrons. The van der Waals surface area contributed by atoms with Crippen molar-refractivity contribution in [2.45, 2.75) is 38.9 Å². The maximum Gasteiger partial charge on any atom is 0.416 e. The van der Waals surface area contributed by atoms with Gasteiger partial charge in [-0.05, 0) is 37.5 Å². The molecule has 9 heteroatoms. The highest BCUT2D eigenvalue weighted by Gasteiger charge is 2.39. The van der Waals surface area contributed by atoms with E-state index in [2.05, 4.69) is 5.32 Å². The Hall–Kier alpha value is -2.58. The molecule has 2 fully saturated rings. The van der Waals surface area contributed by atoms with Crippen molar-refractivity contribution in [3.05, 3.63) is 35.4 Å². The zero-order valence-electron chi connectivity index (χ0n) is 16.9. The number of nitrogens with one attached hydrogen (secondary N) is 1. The Morgan fingerprint density at radius 2 is 1.97 bits per heavy atom. The van der Waals surface area contributed by atoms with E-state index in [-0.39, 0.29) is 43.1 Å². The molecule has 0 aromatic heterocycles. The van der Waals surface area contributed by atoms with Crippen LogP contribution in [0.5, 0.6) is 0 Å². The number of piperidine rings is 1. The molecule has 2 aliphatic heterocycles. The van der Waals surface area contributed by atoms with E-state index in [1.807, 2.05) is 6.92 Å². The zero-order chi connectivity index (χ0) is 21.9. The van der Waals surface area contributed by atoms with Crippen LogP contribution in [0.1, 0.15) is 37.3 Å². The number of amides is 3. The minimum absolute atomic E-state index is 0.0358. The van der Waals surface area contributed by atoms with Crippen LogP contribution in [0.2, 0.25) is 0 Å². The van der Waals surface area contributed by atoms with Crippen LogP contribution in [-0.4, -0.2) is 53.7 Å². The van der Waals surface area contributed by atoms with E-state index in [1.54, 1.807) is 11.0 Å². The monoisotopic (exact) mass is 425 g/mol. The Kier molecular flexibility index (Phi) is 6.67. The van der Waals surface area contributed by atoms with Crippen molar-refractivity contribution >= 4 is 17.7 Å². The van der Waals surface area contributed by atoms with Crippen molar-refractivity contribution in [3.63, 3.8) is 0 Å². The summed E-state index contributed by atoms with van der Waals surface area (Å²) < 4.78 is 38.7. The van der Waals surface area contributed by atoms with Gasteiger partial charge in [0.25, 0.3) is 0 Å². The van der Waals surface area contributed by atoms with E-state index in [0.29, 0.717) is 25.2 Å². The molecule has 2 heterocycles.